The van der Waals surface area contributed by atoms with Crippen LogP contribution in [0, 0.1) is 0 Å². The number of hydrogen-bond donors (Lipinski definition) is 0. The van der Waals surface area contributed by atoms with Crippen LogP contribution >= 0.6 is 0 Å². The fourth-order valence-electron chi connectivity index (χ4n) is 2.90. The molecule has 0 saturated heterocycles. The minimum absolute atomic E-state index is 1.10. The minimum Gasteiger partial charge on any atom is -0.130 e. The summed E-state index contributed by atoms with van der Waals surface area (Å²) in [6.45, 7) is 4.27. The molecule has 0 aromatic heterocycles. The molecule has 0 bridgehead atoms. The zero-order valence-corrected chi connectivity index (χ0v) is 16.1. The minimum atomic E-state index is 1.10. The van der Waals surface area contributed by atoms with Crippen LogP contribution in [0.2, 0.25) is 0 Å². The maximum Gasteiger partial charge on any atom is -0.0274 e. The molecule has 23 heavy (non-hydrogen) atoms. The van der Waals surface area contributed by atoms with Gasteiger partial charge in [0.1, 0.15) is 0 Å². The summed E-state index contributed by atoms with van der Waals surface area (Å²) < 4.78 is 0. The molecular formula is C23H42. The van der Waals surface area contributed by atoms with Crippen molar-refractivity contribution in [2.24, 2.45) is 0 Å². The van der Waals surface area contributed by atoms with Crippen LogP contribution in [0.5, 0.6) is 0 Å². The smallest absolute Gasteiger partial charge is 0.0274 e. The molecule has 0 nitrogen and oxygen atoms in total. The lowest BCUT2D eigenvalue weighted by atomic mass is 10.0. The van der Waals surface area contributed by atoms with Gasteiger partial charge >= 0.3 is 0 Å². The summed E-state index contributed by atoms with van der Waals surface area (Å²) in [5.74, 6) is 0. The molecule has 0 heteroatoms. The van der Waals surface area contributed by atoms with Gasteiger partial charge in [-0.1, -0.05) is 89.7 Å². The van der Waals surface area contributed by atoms with Crippen molar-refractivity contribution >= 4 is 0 Å². The Hall–Kier alpha value is -0.740. The summed E-state index contributed by atoms with van der Waals surface area (Å²) in [5, 5.41) is 0. The van der Waals surface area contributed by atoms with Crippen LogP contribution in [-0.2, 0) is 0 Å². The first-order chi connectivity index (χ1) is 11.4. The van der Waals surface area contributed by atoms with Crippen LogP contribution in [-0.4, -0.2) is 0 Å². The van der Waals surface area contributed by atoms with Crippen LogP contribution in [0.3, 0.4) is 0 Å². The molecule has 0 spiro atoms. The van der Waals surface area contributed by atoms with Crippen LogP contribution in [0.25, 0.3) is 0 Å². The summed E-state index contributed by atoms with van der Waals surface area (Å²) in [6, 6.07) is 0. The van der Waals surface area contributed by atoms with Gasteiger partial charge in [-0.25, -0.2) is 0 Å². The molecule has 0 aromatic carbocycles. The van der Waals surface area contributed by atoms with E-state index in [0.29, 0.717) is 0 Å². The first kappa shape index (κ1) is 22.3. The molecule has 0 aliphatic carbocycles. The van der Waals surface area contributed by atoms with Crippen LogP contribution in [0.4, 0.5) is 0 Å². The molecule has 0 heterocycles. The molecule has 0 aromatic rings. The predicted octanol–water partition coefficient (Wildman–Crippen LogP) is 8.54. The van der Waals surface area contributed by atoms with Gasteiger partial charge in [-0.3, -0.25) is 0 Å². The standard InChI is InChI=1S/C23H42/c1-3-5-7-9-11-13-15-17-19-21-23-22-20-18-16-14-12-10-8-6-4-2/h3,5-6,10H,4,7,9,11-23H2,1-2H3. The third-order valence-electron chi connectivity index (χ3n) is 4.39. The zero-order valence-electron chi connectivity index (χ0n) is 16.1. The summed E-state index contributed by atoms with van der Waals surface area (Å²) in [7, 11) is 0. The Balaban J connectivity index is 3.04. The molecule has 0 amide bonds. The zero-order chi connectivity index (χ0) is 16.8. The van der Waals surface area contributed by atoms with Crippen LogP contribution < -0.4 is 0 Å². The molecule has 0 radical (unpaired) electrons. The van der Waals surface area contributed by atoms with Crippen molar-refractivity contribution in [1.82, 2.24) is 0 Å². The third kappa shape index (κ3) is 21.3. The topological polar surface area (TPSA) is 0 Å². The third-order valence-corrected chi connectivity index (χ3v) is 4.39. The summed E-state index contributed by atoms with van der Waals surface area (Å²) in [6.07, 6.45) is 31.0. The maximum atomic E-state index is 3.23. The van der Waals surface area contributed by atoms with Gasteiger partial charge in [-0.05, 0) is 51.2 Å². The normalized spacial score (nSPS) is 10.9. The van der Waals surface area contributed by atoms with E-state index in [1.165, 1.54) is 96.3 Å². The average Bonchev–Trinajstić information content (AvgIpc) is 2.57. The fourth-order valence-corrected chi connectivity index (χ4v) is 2.90. The monoisotopic (exact) mass is 318 g/mol. The van der Waals surface area contributed by atoms with Crippen LogP contribution in [0.1, 0.15) is 117 Å². The van der Waals surface area contributed by atoms with Crippen molar-refractivity contribution in [3.8, 4) is 0 Å². The van der Waals surface area contributed by atoms with Crippen molar-refractivity contribution in [3.05, 3.63) is 30.0 Å². The fraction of sp³-hybridized carbons (Fsp3) is 0.783. The van der Waals surface area contributed by atoms with Gasteiger partial charge < -0.3 is 0 Å². The SMILES string of the molecule is CC=CCCCCCCCCCCCCCCCC=C=CCC. The van der Waals surface area contributed by atoms with Gasteiger partial charge in [0.2, 0.25) is 0 Å². The molecule has 0 rings (SSSR count). The van der Waals surface area contributed by atoms with Crippen LogP contribution in [0.15, 0.2) is 30.0 Å². The highest BCUT2D eigenvalue weighted by Gasteiger charge is 1.93. The molecule has 0 atom stereocenters. The van der Waals surface area contributed by atoms with E-state index in [1.54, 1.807) is 0 Å². The highest BCUT2D eigenvalue weighted by molar-refractivity contribution is 4.83. The van der Waals surface area contributed by atoms with Gasteiger partial charge in [-0.2, -0.15) is 0 Å². The van der Waals surface area contributed by atoms with E-state index in [4.69, 9.17) is 0 Å². The van der Waals surface area contributed by atoms with E-state index < -0.39 is 0 Å². The quantitative estimate of drug-likeness (QED) is 0.143. The second kappa shape index (κ2) is 21.3. The number of rotatable bonds is 17. The lowest BCUT2D eigenvalue weighted by molar-refractivity contribution is 0.538. The Morgan fingerprint density at radius 2 is 1.00 bits per heavy atom. The van der Waals surface area contributed by atoms with E-state index in [2.05, 4.69) is 43.9 Å². The summed E-state index contributed by atoms with van der Waals surface area (Å²) >= 11 is 0. The van der Waals surface area contributed by atoms with E-state index in [1.807, 2.05) is 0 Å². The van der Waals surface area contributed by atoms with Crippen molar-refractivity contribution in [3.63, 3.8) is 0 Å². The predicted molar refractivity (Wildman–Crippen MR) is 107 cm³/mol. The van der Waals surface area contributed by atoms with Crippen molar-refractivity contribution in [2.45, 2.75) is 117 Å². The number of allylic oxidation sites excluding steroid dienone is 3. The number of hydrogen-bond acceptors (Lipinski definition) is 0. The van der Waals surface area contributed by atoms with Gasteiger partial charge in [0.05, 0.1) is 0 Å². The van der Waals surface area contributed by atoms with Gasteiger partial charge in [-0.15, -0.1) is 5.73 Å². The molecule has 0 aliphatic heterocycles. The van der Waals surface area contributed by atoms with Crippen molar-refractivity contribution in [2.75, 3.05) is 0 Å². The van der Waals surface area contributed by atoms with E-state index in [9.17, 15) is 0 Å². The number of unbranched alkanes of at least 4 members (excludes halogenated alkanes) is 14. The molecular weight excluding hydrogens is 276 g/mol. The van der Waals surface area contributed by atoms with E-state index in [-0.39, 0.29) is 0 Å². The Morgan fingerprint density at radius 1 is 0.565 bits per heavy atom. The Bertz CT molecular complexity index is 291. The second-order valence-corrected chi connectivity index (χ2v) is 6.73. The summed E-state index contributed by atoms with van der Waals surface area (Å²) in [4.78, 5) is 0. The van der Waals surface area contributed by atoms with Gasteiger partial charge in [0.15, 0.2) is 0 Å². The largest absolute Gasteiger partial charge is 0.130 e. The summed E-state index contributed by atoms with van der Waals surface area (Å²) in [5.41, 5.74) is 3.23. The molecule has 0 aliphatic rings. The molecule has 0 unspecified atom stereocenters. The Labute approximate surface area is 147 Å². The second-order valence-electron chi connectivity index (χ2n) is 6.73. The lowest BCUT2D eigenvalue weighted by Gasteiger charge is -2.02. The first-order valence-electron chi connectivity index (χ1n) is 10.4. The first-order valence-corrected chi connectivity index (χ1v) is 10.4. The molecule has 0 saturated carbocycles. The van der Waals surface area contributed by atoms with Gasteiger partial charge in [0, 0.05) is 0 Å². The Kier molecular flexibility index (Phi) is 20.6. The average molecular weight is 319 g/mol. The van der Waals surface area contributed by atoms with Crippen molar-refractivity contribution < 1.29 is 0 Å². The lowest BCUT2D eigenvalue weighted by Crippen LogP contribution is -1.83. The molecule has 134 valence electrons. The molecule has 0 fully saturated rings. The van der Waals surface area contributed by atoms with Gasteiger partial charge in [0.25, 0.3) is 0 Å². The Morgan fingerprint density at radius 3 is 1.43 bits per heavy atom. The highest BCUT2D eigenvalue weighted by Crippen LogP contribution is 2.13. The molecule has 0 N–H and O–H groups in total. The maximum absolute atomic E-state index is 3.23. The van der Waals surface area contributed by atoms with E-state index in [0.717, 1.165) is 6.42 Å². The van der Waals surface area contributed by atoms with Crippen molar-refractivity contribution in [1.29, 1.82) is 0 Å². The highest BCUT2D eigenvalue weighted by atomic mass is 14.0. The van der Waals surface area contributed by atoms with E-state index >= 15 is 0 Å².